The topological polar surface area (TPSA) is 185 Å². The predicted molar refractivity (Wildman–Crippen MR) is 242 cm³/mol. The number of nitrogens with one attached hydrogen (secondary N) is 2. The molecule has 1 aromatic carbocycles. The summed E-state index contributed by atoms with van der Waals surface area (Å²) in [5.74, 6) is -0.0404. The average molecular weight is 926 g/mol. The van der Waals surface area contributed by atoms with Gasteiger partial charge in [0.1, 0.15) is 12.5 Å². The minimum absolute atomic E-state index is 0.00883. The van der Waals surface area contributed by atoms with Crippen LogP contribution in [0.2, 0.25) is 0 Å². The molecule has 2 aromatic heterocycles. The van der Waals surface area contributed by atoms with Crippen molar-refractivity contribution in [2.75, 3.05) is 57.3 Å². The van der Waals surface area contributed by atoms with Crippen LogP contribution >= 0.6 is 0 Å². The van der Waals surface area contributed by atoms with E-state index in [1.807, 2.05) is 17.0 Å². The second kappa shape index (κ2) is 18.5. The number of nitrogens with zero attached hydrogens (tertiary/aromatic N) is 9. The van der Waals surface area contributed by atoms with E-state index in [4.69, 9.17) is 5.10 Å². The number of carbonyl (C=O) groups excluding carboxylic acids is 4. The number of likely N-dealkylation sites (tertiary alicyclic amines) is 2. The maximum Gasteiger partial charge on any atom is 0.264 e. The van der Waals surface area contributed by atoms with E-state index in [2.05, 4.69) is 35.1 Å². The summed E-state index contributed by atoms with van der Waals surface area (Å²) in [5, 5.41) is 37.5. The Morgan fingerprint density at radius 3 is 2.48 bits per heavy atom. The fourth-order valence-corrected chi connectivity index (χ4v) is 11.5. The van der Waals surface area contributed by atoms with Gasteiger partial charge in [0.2, 0.25) is 11.8 Å². The summed E-state index contributed by atoms with van der Waals surface area (Å²) in [6.45, 7) is 7.42. The number of aliphatic hydroxyl groups is 2. The summed E-state index contributed by atoms with van der Waals surface area (Å²) >= 11 is 0. The van der Waals surface area contributed by atoms with Gasteiger partial charge in [0, 0.05) is 112 Å². The number of aryl methyl sites for hydroxylation is 2. The summed E-state index contributed by atoms with van der Waals surface area (Å²) < 4.78 is 33.3. The molecule has 17 nitrogen and oxygen atoms in total. The van der Waals surface area contributed by atoms with Crippen molar-refractivity contribution in [2.45, 2.75) is 115 Å². The van der Waals surface area contributed by atoms with Crippen molar-refractivity contribution < 1.29 is 38.2 Å². The van der Waals surface area contributed by atoms with Crippen LogP contribution in [-0.2, 0) is 45.6 Å². The van der Waals surface area contributed by atoms with Gasteiger partial charge in [0.15, 0.2) is 5.82 Å². The molecule has 3 fully saturated rings. The second-order valence-electron chi connectivity index (χ2n) is 19.4. The minimum Gasteiger partial charge on any atom is -0.384 e. The highest BCUT2D eigenvalue weighted by Crippen LogP contribution is 2.44. The second-order valence-corrected chi connectivity index (χ2v) is 19.4. The first-order chi connectivity index (χ1) is 32.3. The van der Waals surface area contributed by atoms with E-state index in [9.17, 15) is 38.2 Å². The third-order valence-corrected chi connectivity index (χ3v) is 15.3. The number of imide groups is 1. The van der Waals surface area contributed by atoms with Crippen LogP contribution in [0.3, 0.4) is 0 Å². The smallest absolute Gasteiger partial charge is 0.264 e. The molecule has 0 spiro atoms. The lowest BCUT2D eigenvalue weighted by atomic mass is 9.92. The Kier molecular flexibility index (Phi) is 12.5. The molecular weight excluding hydrogens is 865 g/mol. The third-order valence-electron chi connectivity index (χ3n) is 15.3. The molecule has 3 unspecified atom stereocenters. The van der Waals surface area contributed by atoms with Gasteiger partial charge in [-0.05, 0) is 100 Å². The van der Waals surface area contributed by atoms with E-state index in [1.54, 1.807) is 37.1 Å². The number of piperidine rings is 3. The van der Waals surface area contributed by atoms with Gasteiger partial charge in [-0.15, -0.1) is 0 Å². The number of aliphatic hydroxyl groups excluding tert-OH is 2. The first-order valence-electron chi connectivity index (χ1n) is 24.1. The molecule has 8 heterocycles. The van der Waals surface area contributed by atoms with Gasteiger partial charge >= 0.3 is 0 Å². The summed E-state index contributed by atoms with van der Waals surface area (Å²) in [5.41, 5.74) is 6.41. The van der Waals surface area contributed by atoms with E-state index < -0.39 is 30.8 Å². The number of amides is 4. The van der Waals surface area contributed by atoms with Gasteiger partial charge in [-0.3, -0.25) is 43.2 Å². The lowest BCUT2D eigenvalue weighted by Crippen LogP contribution is -2.57. The van der Waals surface area contributed by atoms with E-state index in [-0.39, 0.29) is 42.2 Å². The molecule has 4 amide bonds. The normalized spacial score (nSPS) is 24.0. The number of hydrogen-bond donors (Lipinski definition) is 4. The molecule has 3 atom stereocenters. The fourth-order valence-electron chi connectivity index (χ4n) is 11.5. The Hall–Kier alpha value is -5.50. The van der Waals surface area contributed by atoms with Crippen LogP contribution < -0.4 is 15.5 Å². The highest BCUT2D eigenvalue weighted by molar-refractivity contribution is 6.22. The zero-order valence-corrected chi connectivity index (χ0v) is 38.3. The molecular formula is C48H61F2N11O6. The quantitative estimate of drug-likeness (QED) is 0.206. The molecule has 67 heavy (non-hydrogen) atoms. The van der Waals surface area contributed by atoms with Crippen molar-refractivity contribution in [3.63, 3.8) is 0 Å². The molecule has 358 valence electrons. The first kappa shape index (κ1) is 45.3. The highest BCUT2D eigenvalue weighted by Gasteiger charge is 2.47. The zero-order chi connectivity index (χ0) is 46.7. The number of rotatable bonds is 11. The SMILES string of the molecule is CC(=O)N1CCc2c(c(N3CCCc4cc(-c5cnn(C)c5)c(C(F)F)cc43)nn2C2CCN(C(O)CN3CCC(CNC4=CCCC5=C4C(=O)N(C4CCC(=O)NC4O)C5=O)CC3)CC2)C1. The van der Waals surface area contributed by atoms with Gasteiger partial charge in [-0.25, -0.2) is 8.78 Å². The van der Waals surface area contributed by atoms with E-state index in [1.165, 1.54) is 0 Å². The first-order valence-corrected chi connectivity index (χ1v) is 24.1. The number of aromatic nitrogens is 4. The molecule has 6 aliphatic heterocycles. The predicted octanol–water partition coefficient (Wildman–Crippen LogP) is 3.41. The van der Waals surface area contributed by atoms with Crippen LogP contribution in [0.5, 0.6) is 0 Å². The molecule has 0 radical (unpaired) electrons. The lowest BCUT2D eigenvalue weighted by Gasteiger charge is -2.39. The number of benzene rings is 1. The maximum atomic E-state index is 14.8. The number of carbonyl (C=O) groups is 4. The van der Waals surface area contributed by atoms with E-state index in [0.29, 0.717) is 99.0 Å². The van der Waals surface area contributed by atoms with Gasteiger partial charge < -0.3 is 30.6 Å². The van der Waals surface area contributed by atoms with Crippen molar-refractivity contribution in [2.24, 2.45) is 13.0 Å². The fraction of sp³-hybridized carbons (Fsp3) is 0.583. The van der Waals surface area contributed by atoms with Crippen molar-refractivity contribution in [1.29, 1.82) is 0 Å². The number of alkyl halides is 2. The number of allylic oxidation sites excluding steroid dienone is 1. The molecule has 1 aliphatic carbocycles. The zero-order valence-electron chi connectivity index (χ0n) is 38.3. The molecule has 3 aromatic rings. The van der Waals surface area contributed by atoms with Crippen LogP contribution in [0.4, 0.5) is 20.3 Å². The number of hydrogen-bond acceptors (Lipinski definition) is 12. The maximum absolute atomic E-state index is 14.8. The Morgan fingerprint density at radius 2 is 1.76 bits per heavy atom. The number of halogens is 2. The number of β-amino-alcohol motifs (C(OH)–C–C–N with tert-alkyl or cyclic N) is 1. The van der Waals surface area contributed by atoms with Crippen molar-refractivity contribution in [3.05, 3.63) is 69.8 Å². The number of anilines is 2. The summed E-state index contributed by atoms with van der Waals surface area (Å²) in [7, 11) is 1.77. The molecule has 7 aliphatic rings. The Labute approximate surface area is 388 Å². The lowest BCUT2D eigenvalue weighted by molar-refractivity contribution is -0.148. The molecule has 19 heteroatoms. The van der Waals surface area contributed by atoms with Gasteiger partial charge in [-0.2, -0.15) is 10.2 Å². The highest BCUT2D eigenvalue weighted by atomic mass is 19.3. The monoisotopic (exact) mass is 925 g/mol. The standard InChI is InChI=1S/C48H61F2N11O6/c1-28(62)58-20-14-38-36(26-58)45(59-15-4-5-30-21-34(31-24-52-55(2)25-31)35(44(49)50)22-40(30)59)54-61(38)32-12-18-57(19-13-32)42(64)27-56-16-10-29(11-17-56)23-51-37-7-3-6-33-43(37)48(67)60(47(33)66)39-8-9-41(63)53-46(39)65/h7,21-22,24-25,29,32,39,42,44,46,51,64-65H,3-6,8-20,23,26-27H2,1-2H3,(H,53,63). The summed E-state index contributed by atoms with van der Waals surface area (Å²) in [4.78, 5) is 61.0. The Bertz CT molecular complexity index is 2500. The van der Waals surface area contributed by atoms with Crippen molar-refractivity contribution in [3.8, 4) is 11.1 Å². The average Bonchev–Trinajstić information content (AvgIpc) is 4.01. The number of fused-ring (bicyclic) bond motifs is 2. The van der Waals surface area contributed by atoms with Crippen LogP contribution in [0.25, 0.3) is 11.1 Å². The van der Waals surface area contributed by atoms with Crippen molar-refractivity contribution in [1.82, 2.24) is 49.8 Å². The summed E-state index contributed by atoms with van der Waals surface area (Å²) in [6, 6.07) is 2.81. The molecule has 3 saturated heterocycles. The van der Waals surface area contributed by atoms with Crippen LogP contribution in [0, 0.1) is 5.92 Å². The molecule has 10 rings (SSSR count). The van der Waals surface area contributed by atoms with Crippen LogP contribution in [-0.4, -0.2) is 144 Å². The van der Waals surface area contributed by atoms with Crippen molar-refractivity contribution >= 4 is 35.1 Å². The molecule has 4 N–H and O–H groups in total. The van der Waals surface area contributed by atoms with Crippen LogP contribution in [0.15, 0.2) is 47.4 Å². The molecule has 0 saturated carbocycles. The minimum atomic E-state index is -2.68. The van der Waals surface area contributed by atoms with E-state index >= 15 is 0 Å². The third kappa shape index (κ3) is 8.67. The van der Waals surface area contributed by atoms with E-state index in [0.717, 1.165) is 84.8 Å². The van der Waals surface area contributed by atoms with Gasteiger partial charge in [-0.1, -0.05) is 6.08 Å². The van der Waals surface area contributed by atoms with Gasteiger partial charge in [0.25, 0.3) is 18.2 Å². The Balaban J connectivity index is 0.756. The summed E-state index contributed by atoms with van der Waals surface area (Å²) in [6.07, 6.45) is 7.85. The largest absolute Gasteiger partial charge is 0.384 e. The molecule has 0 bridgehead atoms. The van der Waals surface area contributed by atoms with Crippen LogP contribution in [0.1, 0.15) is 99.6 Å². The Morgan fingerprint density at radius 1 is 0.970 bits per heavy atom. The van der Waals surface area contributed by atoms with Gasteiger partial charge in [0.05, 0.1) is 30.4 Å².